The van der Waals surface area contributed by atoms with Gasteiger partial charge in [-0.15, -0.1) is 0 Å². The smallest absolute Gasteiger partial charge is 0.224 e. The van der Waals surface area contributed by atoms with Crippen LogP contribution in [0.2, 0.25) is 0 Å². The normalized spacial score (nSPS) is 29.6. The van der Waals surface area contributed by atoms with Crippen LogP contribution in [0.3, 0.4) is 0 Å². The van der Waals surface area contributed by atoms with Crippen molar-refractivity contribution in [1.29, 1.82) is 0 Å². The van der Waals surface area contributed by atoms with E-state index in [4.69, 9.17) is 5.73 Å². The summed E-state index contributed by atoms with van der Waals surface area (Å²) >= 11 is 0. The summed E-state index contributed by atoms with van der Waals surface area (Å²) in [7, 11) is 0. The fourth-order valence-corrected chi connectivity index (χ4v) is 4.33. The van der Waals surface area contributed by atoms with Crippen LogP contribution in [-0.2, 0) is 4.79 Å². The van der Waals surface area contributed by atoms with Crippen molar-refractivity contribution in [3.8, 4) is 0 Å². The number of rotatable bonds is 5. The maximum atomic E-state index is 12.4. The molecule has 116 valence electrons. The molecule has 0 heterocycles. The standard InChI is InChI=1S/C17H32N2O/c1-13(2)11-17(9-5-6-10-17)12-19-16(20)14-7-3-4-8-15(14)18/h13-15H,3-12,18H2,1-2H3,(H,19,20). The molecule has 0 spiro atoms. The maximum absolute atomic E-state index is 12.4. The lowest BCUT2D eigenvalue weighted by atomic mass is 9.78. The van der Waals surface area contributed by atoms with Gasteiger partial charge < -0.3 is 11.1 Å². The molecule has 0 aliphatic heterocycles. The molecule has 0 aromatic heterocycles. The van der Waals surface area contributed by atoms with Gasteiger partial charge in [0, 0.05) is 12.6 Å². The summed E-state index contributed by atoms with van der Waals surface area (Å²) in [6.45, 7) is 5.45. The Morgan fingerprint density at radius 2 is 1.85 bits per heavy atom. The van der Waals surface area contributed by atoms with Gasteiger partial charge in [0.1, 0.15) is 0 Å². The number of carbonyl (C=O) groups excluding carboxylic acids is 1. The van der Waals surface area contributed by atoms with Crippen LogP contribution in [0.4, 0.5) is 0 Å². The number of amides is 1. The van der Waals surface area contributed by atoms with Crippen molar-refractivity contribution in [1.82, 2.24) is 5.32 Å². The molecule has 2 rings (SSSR count). The number of hydrogen-bond donors (Lipinski definition) is 2. The zero-order valence-electron chi connectivity index (χ0n) is 13.3. The van der Waals surface area contributed by atoms with E-state index in [0.29, 0.717) is 11.3 Å². The van der Waals surface area contributed by atoms with Crippen LogP contribution < -0.4 is 11.1 Å². The minimum absolute atomic E-state index is 0.0567. The first kappa shape index (κ1) is 15.8. The third kappa shape index (κ3) is 3.97. The Morgan fingerprint density at radius 1 is 1.20 bits per heavy atom. The first-order valence-corrected chi connectivity index (χ1v) is 8.56. The van der Waals surface area contributed by atoms with Gasteiger partial charge in [0.2, 0.25) is 5.91 Å². The fourth-order valence-electron chi connectivity index (χ4n) is 4.33. The molecule has 20 heavy (non-hydrogen) atoms. The Labute approximate surface area is 124 Å². The topological polar surface area (TPSA) is 55.1 Å². The van der Waals surface area contributed by atoms with E-state index in [9.17, 15) is 4.79 Å². The predicted octanol–water partition coefficient (Wildman–Crippen LogP) is 3.23. The van der Waals surface area contributed by atoms with Gasteiger partial charge in [0.25, 0.3) is 0 Å². The first-order valence-electron chi connectivity index (χ1n) is 8.56. The summed E-state index contributed by atoms with van der Waals surface area (Å²) in [6, 6.07) is 0.0772. The minimum atomic E-state index is 0.0567. The molecule has 0 radical (unpaired) electrons. The molecule has 3 nitrogen and oxygen atoms in total. The first-order chi connectivity index (χ1) is 9.52. The van der Waals surface area contributed by atoms with Crippen molar-refractivity contribution in [3.05, 3.63) is 0 Å². The molecule has 0 saturated heterocycles. The molecule has 2 unspecified atom stereocenters. The molecule has 3 heteroatoms. The van der Waals surface area contributed by atoms with Gasteiger partial charge in [-0.05, 0) is 43.4 Å². The number of nitrogens with two attached hydrogens (primary N) is 1. The molecule has 2 atom stereocenters. The van der Waals surface area contributed by atoms with Gasteiger partial charge in [-0.2, -0.15) is 0 Å². The Hall–Kier alpha value is -0.570. The van der Waals surface area contributed by atoms with E-state index in [2.05, 4.69) is 19.2 Å². The Morgan fingerprint density at radius 3 is 2.45 bits per heavy atom. The molecule has 0 bridgehead atoms. The maximum Gasteiger partial charge on any atom is 0.224 e. The van der Waals surface area contributed by atoms with E-state index in [1.165, 1.54) is 38.5 Å². The van der Waals surface area contributed by atoms with Gasteiger partial charge >= 0.3 is 0 Å². The van der Waals surface area contributed by atoms with Crippen molar-refractivity contribution in [3.63, 3.8) is 0 Å². The SMILES string of the molecule is CC(C)CC1(CNC(=O)C2CCCCC2N)CCCC1. The van der Waals surface area contributed by atoms with E-state index in [-0.39, 0.29) is 17.9 Å². The predicted molar refractivity (Wildman–Crippen MR) is 83.3 cm³/mol. The van der Waals surface area contributed by atoms with Crippen LogP contribution in [-0.4, -0.2) is 18.5 Å². The average Bonchev–Trinajstić information content (AvgIpc) is 2.84. The van der Waals surface area contributed by atoms with Crippen molar-refractivity contribution >= 4 is 5.91 Å². The monoisotopic (exact) mass is 280 g/mol. The second-order valence-electron chi connectivity index (χ2n) is 7.58. The summed E-state index contributed by atoms with van der Waals surface area (Å²) in [5, 5.41) is 3.25. The molecule has 2 aliphatic carbocycles. The molecule has 2 fully saturated rings. The van der Waals surface area contributed by atoms with E-state index in [1.54, 1.807) is 0 Å². The highest BCUT2D eigenvalue weighted by atomic mass is 16.1. The van der Waals surface area contributed by atoms with Crippen LogP contribution in [0.5, 0.6) is 0 Å². The van der Waals surface area contributed by atoms with Crippen LogP contribution in [0.15, 0.2) is 0 Å². The lowest BCUT2D eigenvalue weighted by molar-refractivity contribution is -0.127. The molecule has 0 aromatic rings. The van der Waals surface area contributed by atoms with E-state index in [0.717, 1.165) is 25.8 Å². The summed E-state index contributed by atoms with van der Waals surface area (Å²) < 4.78 is 0. The van der Waals surface area contributed by atoms with Crippen LogP contribution in [0, 0.1) is 17.3 Å². The molecule has 2 aliphatic rings. The van der Waals surface area contributed by atoms with Gasteiger partial charge in [0.05, 0.1) is 5.92 Å². The van der Waals surface area contributed by atoms with Gasteiger partial charge in [0.15, 0.2) is 0 Å². The summed E-state index contributed by atoms with van der Waals surface area (Å²) in [6.07, 6.45) is 10.8. The highest BCUT2D eigenvalue weighted by molar-refractivity contribution is 5.79. The lowest BCUT2D eigenvalue weighted by Gasteiger charge is -2.33. The van der Waals surface area contributed by atoms with E-state index in [1.807, 2.05) is 0 Å². The highest BCUT2D eigenvalue weighted by Gasteiger charge is 2.36. The van der Waals surface area contributed by atoms with Gasteiger partial charge in [-0.3, -0.25) is 4.79 Å². The number of hydrogen-bond acceptors (Lipinski definition) is 2. The highest BCUT2D eigenvalue weighted by Crippen LogP contribution is 2.42. The molecule has 3 N–H and O–H groups in total. The minimum Gasteiger partial charge on any atom is -0.355 e. The number of carbonyl (C=O) groups is 1. The van der Waals surface area contributed by atoms with Crippen LogP contribution in [0.1, 0.15) is 71.6 Å². The van der Waals surface area contributed by atoms with E-state index >= 15 is 0 Å². The van der Waals surface area contributed by atoms with Gasteiger partial charge in [-0.25, -0.2) is 0 Å². The number of nitrogens with one attached hydrogen (secondary N) is 1. The molecular weight excluding hydrogens is 248 g/mol. The summed E-state index contributed by atoms with van der Waals surface area (Å²) in [4.78, 5) is 12.4. The molecule has 2 saturated carbocycles. The summed E-state index contributed by atoms with van der Waals surface area (Å²) in [5.41, 5.74) is 6.48. The van der Waals surface area contributed by atoms with E-state index < -0.39 is 0 Å². The Kier molecular flexibility index (Phi) is 5.48. The quantitative estimate of drug-likeness (QED) is 0.812. The Bertz CT molecular complexity index is 321. The second-order valence-corrected chi connectivity index (χ2v) is 7.58. The summed E-state index contributed by atoms with van der Waals surface area (Å²) in [5.74, 6) is 0.982. The van der Waals surface area contributed by atoms with Crippen molar-refractivity contribution in [2.45, 2.75) is 77.7 Å². The lowest BCUT2D eigenvalue weighted by Crippen LogP contribution is -2.46. The van der Waals surface area contributed by atoms with Crippen LogP contribution in [0.25, 0.3) is 0 Å². The molecular formula is C17H32N2O. The van der Waals surface area contributed by atoms with Crippen molar-refractivity contribution in [2.24, 2.45) is 23.0 Å². The molecule has 0 aromatic carbocycles. The van der Waals surface area contributed by atoms with Crippen molar-refractivity contribution in [2.75, 3.05) is 6.54 Å². The molecule has 1 amide bonds. The zero-order chi connectivity index (χ0) is 14.6. The largest absolute Gasteiger partial charge is 0.355 e. The Balaban J connectivity index is 1.87. The second kappa shape index (κ2) is 6.93. The van der Waals surface area contributed by atoms with Gasteiger partial charge in [-0.1, -0.05) is 39.5 Å². The van der Waals surface area contributed by atoms with Crippen LogP contribution >= 0.6 is 0 Å². The van der Waals surface area contributed by atoms with Crippen molar-refractivity contribution < 1.29 is 4.79 Å². The zero-order valence-corrected chi connectivity index (χ0v) is 13.3. The third-order valence-corrected chi connectivity index (χ3v) is 5.30. The third-order valence-electron chi connectivity index (χ3n) is 5.30. The average molecular weight is 280 g/mol. The fraction of sp³-hybridized carbons (Fsp3) is 0.941.